The molecule has 1 fully saturated rings. The Balaban J connectivity index is 1.91. The van der Waals surface area contributed by atoms with Gasteiger partial charge in [0.05, 0.1) is 6.04 Å². The predicted molar refractivity (Wildman–Crippen MR) is 81.8 cm³/mol. The predicted octanol–water partition coefficient (Wildman–Crippen LogP) is 2.60. The molecule has 1 aromatic carbocycles. The zero-order valence-corrected chi connectivity index (χ0v) is 12.8. The second kappa shape index (κ2) is 6.16. The smallest absolute Gasteiger partial charge is 0.407 e. The van der Waals surface area contributed by atoms with Crippen molar-refractivity contribution in [3.05, 3.63) is 29.8 Å². The molecule has 1 aromatic rings. The van der Waals surface area contributed by atoms with Crippen molar-refractivity contribution in [2.24, 2.45) is 0 Å². The molecular formula is C16H22N2O3. The highest BCUT2D eigenvalue weighted by Gasteiger charge is 2.26. The average molecular weight is 290 g/mol. The van der Waals surface area contributed by atoms with Crippen LogP contribution in [0.4, 0.5) is 10.5 Å². The Hall–Kier alpha value is -2.04. The summed E-state index contributed by atoms with van der Waals surface area (Å²) in [7, 11) is 0. The van der Waals surface area contributed by atoms with Gasteiger partial charge >= 0.3 is 6.09 Å². The van der Waals surface area contributed by atoms with Crippen LogP contribution in [0.1, 0.15) is 37.6 Å². The zero-order valence-electron chi connectivity index (χ0n) is 12.8. The third-order valence-corrected chi connectivity index (χ3v) is 3.28. The highest BCUT2D eigenvalue weighted by molar-refractivity contribution is 5.77. The van der Waals surface area contributed by atoms with Crippen molar-refractivity contribution in [1.82, 2.24) is 5.32 Å². The maximum Gasteiger partial charge on any atom is 0.407 e. The number of rotatable bonds is 3. The molecule has 21 heavy (non-hydrogen) atoms. The lowest BCUT2D eigenvalue weighted by Gasteiger charge is -2.22. The summed E-state index contributed by atoms with van der Waals surface area (Å²) < 4.78 is 5.26. The number of carbonyl (C=O) groups is 2. The van der Waals surface area contributed by atoms with Gasteiger partial charge in [-0.1, -0.05) is 12.1 Å². The van der Waals surface area contributed by atoms with E-state index in [1.54, 1.807) is 6.07 Å². The third-order valence-electron chi connectivity index (χ3n) is 3.28. The molecule has 1 heterocycles. The fraction of sp³-hybridized carbons (Fsp3) is 0.500. The zero-order chi connectivity index (χ0) is 15.5. The molecule has 1 saturated heterocycles. The van der Waals surface area contributed by atoms with Gasteiger partial charge in [-0.05, 0) is 39.3 Å². The number of hydrogen-bond acceptors (Lipinski definition) is 4. The number of hydrogen-bond donors (Lipinski definition) is 1. The molecule has 114 valence electrons. The lowest BCUT2D eigenvalue weighted by Crippen LogP contribution is -2.40. The molecule has 0 radical (unpaired) electrons. The van der Waals surface area contributed by atoms with E-state index >= 15 is 0 Å². The van der Waals surface area contributed by atoms with Gasteiger partial charge in [-0.3, -0.25) is 4.79 Å². The molecule has 5 nitrogen and oxygen atoms in total. The highest BCUT2D eigenvalue weighted by Crippen LogP contribution is 2.21. The summed E-state index contributed by atoms with van der Waals surface area (Å²) in [5.41, 5.74) is 1.19. The van der Waals surface area contributed by atoms with E-state index in [9.17, 15) is 9.59 Å². The van der Waals surface area contributed by atoms with Crippen molar-refractivity contribution in [1.29, 1.82) is 0 Å². The number of nitrogens with zero attached hydrogens (tertiary/aromatic N) is 1. The Morgan fingerprint density at radius 1 is 1.43 bits per heavy atom. The maximum absolute atomic E-state index is 11.8. The highest BCUT2D eigenvalue weighted by atomic mass is 16.6. The van der Waals surface area contributed by atoms with Gasteiger partial charge in [0.2, 0.25) is 0 Å². The van der Waals surface area contributed by atoms with Crippen molar-refractivity contribution >= 4 is 18.1 Å². The fourth-order valence-corrected chi connectivity index (χ4v) is 2.38. The summed E-state index contributed by atoms with van der Waals surface area (Å²) in [6.07, 6.45) is 1.33. The molecule has 1 amide bonds. The molecule has 1 unspecified atom stereocenters. The first-order valence-corrected chi connectivity index (χ1v) is 7.17. The number of aldehydes is 1. The van der Waals surface area contributed by atoms with Gasteiger partial charge in [-0.25, -0.2) is 4.79 Å². The van der Waals surface area contributed by atoms with Crippen molar-refractivity contribution in [2.45, 2.75) is 38.8 Å². The average Bonchev–Trinajstić information content (AvgIpc) is 2.85. The molecule has 5 heteroatoms. The molecule has 1 aliphatic rings. The van der Waals surface area contributed by atoms with Crippen LogP contribution in [-0.2, 0) is 4.74 Å². The minimum atomic E-state index is -0.485. The first kappa shape index (κ1) is 15.4. The summed E-state index contributed by atoms with van der Waals surface area (Å²) in [4.78, 5) is 24.7. The lowest BCUT2D eigenvalue weighted by atomic mass is 10.2. The first-order chi connectivity index (χ1) is 9.87. The monoisotopic (exact) mass is 290 g/mol. The maximum atomic E-state index is 11.8. The molecule has 0 saturated carbocycles. The minimum absolute atomic E-state index is 0.0692. The molecule has 2 rings (SSSR count). The van der Waals surface area contributed by atoms with Crippen LogP contribution < -0.4 is 10.2 Å². The number of benzene rings is 1. The molecule has 0 aliphatic carbocycles. The van der Waals surface area contributed by atoms with Crippen molar-refractivity contribution in [3.63, 3.8) is 0 Å². The van der Waals surface area contributed by atoms with Gasteiger partial charge in [0, 0.05) is 24.3 Å². The van der Waals surface area contributed by atoms with E-state index in [1.807, 2.05) is 39.0 Å². The molecule has 1 N–H and O–H groups in total. The Kier molecular flexibility index (Phi) is 4.50. The Morgan fingerprint density at radius 3 is 2.86 bits per heavy atom. The van der Waals surface area contributed by atoms with Crippen molar-refractivity contribution < 1.29 is 14.3 Å². The molecule has 0 spiro atoms. The van der Waals surface area contributed by atoms with Gasteiger partial charge in [0.25, 0.3) is 0 Å². The van der Waals surface area contributed by atoms with Gasteiger partial charge in [0.1, 0.15) is 11.9 Å². The van der Waals surface area contributed by atoms with Crippen LogP contribution in [0.5, 0.6) is 0 Å². The largest absolute Gasteiger partial charge is 0.444 e. The van der Waals surface area contributed by atoms with E-state index in [0.29, 0.717) is 5.56 Å². The standard InChI is InChI=1S/C16H22N2O3/c1-16(2,3)21-15(20)17-13-7-8-18(10-13)14-6-4-5-12(9-14)11-19/h4-6,9,11,13H,7-8,10H2,1-3H3,(H,17,20). The van der Waals surface area contributed by atoms with Crippen molar-refractivity contribution in [2.75, 3.05) is 18.0 Å². The topological polar surface area (TPSA) is 58.6 Å². The first-order valence-electron chi connectivity index (χ1n) is 7.17. The molecule has 0 aromatic heterocycles. The van der Waals surface area contributed by atoms with Crippen molar-refractivity contribution in [3.8, 4) is 0 Å². The Morgan fingerprint density at radius 2 is 2.19 bits per heavy atom. The summed E-state index contributed by atoms with van der Waals surface area (Å²) >= 11 is 0. The second-order valence-electron chi connectivity index (χ2n) is 6.29. The van der Waals surface area contributed by atoms with Crippen LogP contribution in [0.3, 0.4) is 0 Å². The number of anilines is 1. The van der Waals surface area contributed by atoms with Crippen LogP contribution in [-0.4, -0.2) is 37.1 Å². The Bertz CT molecular complexity index is 522. The van der Waals surface area contributed by atoms with E-state index in [-0.39, 0.29) is 12.1 Å². The van der Waals surface area contributed by atoms with E-state index in [0.717, 1.165) is 31.5 Å². The minimum Gasteiger partial charge on any atom is -0.444 e. The van der Waals surface area contributed by atoms with E-state index in [4.69, 9.17) is 4.74 Å². The lowest BCUT2D eigenvalue weighted by molar-refractivity contribution is 0.0509. The summed E-state index contributed by atoms with van der Waals surface area (Å²) in [6.45, 7) is 7.11. The van der Waals surface area contributed by atoms with Crippen LogP contribution in [0.15, 0.2) is 24.3 Å². The summed E-state index contributed by atoms with van der Waals surface area (Å²) in [5, 5.41) is 2.89. The normalized spacial score (nSPS) is 18.4. The Labute approximate surface area is 125 Å². The third kappa shape index (κ3) is 4.48. The number of alkyl carbamates (subject to hydrolysis) is 1. The van der Waals surface area contributed by atoms with E-state index < -0.39 is 5.60 Å². The number of carbonyl (C=O) groups excluding carboxylic acids is 2. The summed E-state index contributed by atoms with van der Waals surface area (Å²) in [5.74, 6) is 0. The van der Waals surface area contributed by atoms with Gasteiger partial charge in [0.15, 0.2) is 0 Å². The van der Waals surface area contributed by atoms with Crippen LogP contribution in [0, 0.1) is 0 Å². The van der Waals surface area contributed by atoms with Crippen LogP contribution in [0.25, 0.3) is 0 Å². The SMILES string of the molecule is CC(C)(C)OC(=O)NC1CCN(c2cccc(C=O)c2)C1. The number of nitrogens with one attached hydrogen (secondary N) is 1. The van der Waals surface area contributed by atoms with Gasteiger partial charge in [-0.15, -0.1) is 0 Å². The fourth-order valence-electron chi connectivity index (χ4n) is 2.38. The summed E-state index contributed by atoms with van der Waals surface area (Å²) in [6, 6.07) is 7.56. The second-order valence-corrected chi connectivity index (χ2v) is 6.29. The van der Waals surface area contributed by atoms with Gasteiger partial charge < -0.3 is 15.0 Å². The molecule has 1 atom stereocenters. The van der Waals surface area contributed by atoms with Crippen LogP contribution >= 0.6 is 0 Å². The van der Waals surface area contributed by atoms with Crippen LogP contribution in [0.2, 0.25) is 0 Å². The van der Waals surface area contributed by atoms with E-state index in [2.05, 4.69) is 10.2 Å². The van der Waals surface area contributed by atoms with E-state index in [1.165, 1.54) is 0 Å². The van der Waals surface area contributed by atoms with Gasteiger partial charge in [-0.2, -0.15) is 0 Å². The molecule has 0 bridgehead atoms. The molecule has 1 aliphatic heterocycles. The quantitative estimate of drug-likeness (QED) is 0.869. The number of amides is 1. The molecular weight excluding hydrogens is 268 g/mol. The number of ether oxygens (including phenoxy) is 1.